The van der Waals surface area contributed by atoms with Crippen molar-refractivity contribution >= 4 is 29.5 Å². The number of carbonyl (C=O) groups is 1. The lowest BCUT2D eigenvalue weighted by atomic mass is 10.1. The van der Waals surface area contributed by atoms with Gasteiger partial charge in [0.2, 0.25) is 0 Å². The number of hydrogen-bond acceptors (Lipinski definition) is 2. The molecule has 0 radical (unpaired) electrons. The molecular weight excluding hydrogens is 320 g/mol. The molecule has 0 saturated carbocycles. The number of likely N-dealkylation sites (tertiary alicyclic amines) is 1. The summed E-state index contributed by atoms with van der Waals surface area (Å²) >= 11 is 5.98. The number of ketones is 1. The van der Waals surface area contributed by atoms with Gasteiger partial charge in [-0.2, -0.15) is 0 Å². The van der Waals surface area contributed by atoms with E-state index in [0.717, 1.165) is 30.0 Å². The van der Waals surface area contributed by atoms with Gasteiger partial charge in [0.25, 0.3) is 0 Å². The van der Waals surface area contributed by atoms with Gasteiger partial charge < -0.3 is 4.57 Å². The highest BCUT2D eigenvalue weighted by Gasteiger charge is 2.21. The minimum atomic E-state index is 0.127. The minimum Gasteiger partial charge on any atom is -0.316 e. The molecule has 0 aliphatic carbocycles. The highest BCUT2D eigenvalue weighted by atomic mass is 35.5. The van der Waals surface area contributed by atoms with E-state index < -0.39 is 0 Å². The second-order valence-electron chi connectivity index (χ2n) is 6.00. The van der Waals surface area contributed by atoms with Crippen LogP contribution in [0.5, 0.6) is 0 Å². The van der Waals surface area contributed by atoms with Crippen molar-refractivity contribution in [3.63, 3.8) is 0 Å². The summed E-state index contributed by atoms with van der Waals surface area (Å²) in [6, 6.07) is 7.53. The second kappa shape index (κ2) is 7.20. The Morgan fingerprint density at radius 2 is 1.79 bits per heavy atom. The smallest absolute Gasteiger partial charge is 0.178 e. The molecule has 1 aliphatic rings. The molecule has 2 aromatic rings. The van der Waals surface area contributed by atoms with E-state index in [9.17, 15) is 4.79 Å². The summed E-state index contributed by atoms with van der Waals surface area (Å²) in [5.41, 5.74) is 3.35. The van der Waals surface area contributed by atoms with Crippen LogP contribution in [0.2, 0.25) is 5.02 Å². The fourth-order valence-electron chi connectivity index (χ4n) is 3.23. The Hall–Kier alpha value is -2.10. The summed E-state index contributed by atoms with van der Waals surface area (Å²) in [5, 5.41) is 0.681. The SMILES string of the molecule is C=Cc1c(C(=O)CN2CCCC2)cn(-c2ccc(Cl)cc2)c1C=C. The fraction of sp³-hybridized carbons (Fsp3) is 0.250. The zero-order valence-corrected chi connectivity index (χ0v) is 14.4. The van der Waals surface area contributed by atoms with Gasteiger partial charge in [-0.05, 0) is 56.3 Å². The topological polar surface area (TPSA) is 25.2 Å². The van der Waals surface area contributed by atoms with Crippen molar-refractivity contribution in [1.82, 2.24) is 9.47 Å². The molecule has 4 heteroatoms. The van der Waals surface area contributed by atoms with Gasteiger partial charge in [-0.15, -0.1) is 0 Å². The standard InChI is InChI=1S/C20H21ClN2O/c1-3-17-18(20(24)14-22-11-5-6-12-22)13-23(19(17)4-2)16-9-7-15(21)8-10-16/h3-4,7-10,13H,1-2,5-6,11-12,14H2. The Morgan fingerprint density at radius 3 is 2.38 bits per heavy atom. The maximum absolute atomic E-state index is 12.8. The molecule has 124 valence electrons. The highest BCUT2D eigenvalue weighted by Crippen LogP contribution is 2.26. The predicted octanol–water partition coefficient (Wildman–Crippen LogP) is 4.70. The Labute approximate surface area is 147 Å². The number of carbonyl (C=O) groups excluding carboxylic acids is 1. The molecule has 0 amide bonds. The Morgan fingerprint density at radius 1 is 1.12 bits per heavy atom. The molecule has 3 rings (SSSR count). The third-order valence-electron chi connectivity index (χ3n) is 4.45. The van der Waals surface area contributed by atoms with Gasteiger partial charge in [-0.1, -0.05) is 30.8 Å². The molecule has 3 nitrogen and oxygen atoms in total. The van der Waals surface area contributed by atoms with Gasteiger partial charge in [0.15, 0.2) is 5.78 Å². The monoisotopic (exact) mass is 340 g/mol. The van der Waals surface area contributed by atoms with E-state index in [1.165, 1.54) is 12.8 Å². The molecule has 1 aromatic carbocycles. The Balaban J connectivity index is 2.00. The maximum Gasteiger partial charge on any atom is 0.178 e. The zero-order chi connectivity index (χ0) is 17.1. The highest BCUT2D eigenvalue weighted by molar-refractivity contribution is 6.30. The Bertz CT molecular complexity index is 768. The summed E-state index contributed by atoms with van der Waals surface area (Å²) in [7, 11) is 0. The van der Waals surface area contributed by atoms with Gasteiger partial charge >= 0.3 is 0 Å². The normalized spacial score (nSPS) is 14.7. The summed E-state index contributed by atoms with van der Waals surface area (Å²) in [4.78, 5) is 15.0. The second-order valence-corrected chi connectivity index (χ2v) is 6.44. The van der Waals surface area contributed by atoms with E-state index >= 15 is 0 Å². The van der Waals surface area contributed by atoms with Crippen LogP contribution in [-0.2, 0) is 0 Å². The van der Waals surface area contributed by atoms with Crippen molar-refractivity contribution in [2.24, 2.45) is 0 Å². The van der Waals surface area contributed by atoms with Crippen LogP contribution in [0.3, 0.4) is 0 Å². The lowest BCUT2D eigenvalue weighted by Gasteiger charge is -2.12. The molecule has 1 saturated heterocycles. The average Bonchev–Trinajstić information content (AvgIpc) is 3.22. The summed E-state index contributed by atoms with van der Waals surface area (Å²) < 4.78 is 1.97. The van der Waals surface area contributed by atoms with E-state index in [2.05, 4.69) is 18.1 Å². The number of nitrogens with zero attached hydrogens (tertiary/aromatic N) is 2. The number of rotatable bonds is 6. The number of benzene rings is 1. The molecule has 24 heavy (non-hydrogen) atoms. The minimum absolute atomic E-state index is 0.127. The molecular formula is C20H21ClN2O. The lowest BCUT2D eigenvalue weighted by Crippen LogP contribution is -2.27. The van der Waals surface area contributed by atoms with Crippen LogP contribution in [0.15, 0.2) is 43.6 Å². The first-order valence-electron chi connectivity index (χ1n) is 8.15. The van der Waals surface area contributed by atoms with Crippen molar-refractivity contribution in [1.29, 1.82) is 0 Å². The van der Waals surface area contributed by atoms with Gasteiger partial charge in [0, 0.05) is 28.0 Å². The molecule has 0 bridgehead atoms. The van der Waals surface area contributed by atoms with E-state index in [-0.39, 0.29) is 5.78 Å². The quantitative estimate of drug-likeness (QED) is 0.712. The van der Waals surface area contributed by atoms with Gasteiger partial charge in [-0.25, -0.2) is 0 Å². The average molecular weight is 341 g/mol. The van der Waals surface area contributed by atoms with Crippen molar-refractivity contribution in [2.75, 3.05) is 19.6 Å². The summed E-state index contributed by atoms with van der Waals surface area (Å²) in [5.74, 6) is 0.127. The molecule has 1 aromatic heterocycles. The largest absolute Gasteiger partial charge is 0.316 e. The third kappa shape index (κ3) is 3.23. The molecule has 0 unspecified atom stereocenters. The first kappa shape index (κ1) is 16.7. The van der Waals surface area contributed by atoms with Crippen LogP contribution in [0.25, 0.3) is 17.8 Å². The van der Waals surface area contributed by atoms with Crippen LogP contribution in [0, 0.1) is 0 Å². The van der Waals surface area contributed by atoms with E-state index in [1.807, 2.05) is 35.0 Å². The van der Waals surface area contributed by atoms with Crippen molar-refractivity contribution < 1.29 is 4.79 Å². The fourth-order valence-corrected chi connectivity index (χ4v) is 3.35. The molecule has 2 heterocycles. The summed E-state index contributed by atoms with van der Waals surface area (Å²) in [6.45, 7) is 10.3. The molecule has 1 aliphatic heterocycles. The van der Waals surface area contributed by atoms with Crippen LogP contribution < -0.4 is 0 Å². The lowest BCUT2D eigenvalue weighted by molar-refractivity contribution is 0.0945. The van der Waals surface area contributed by atoms with Crippen molar-refractivity contribution in [2.45, 2.75) is 12.8 Å². The Kier molecular flexibility index (Phi) is 5.03. The van der Waals surface area contributed by atoms with E-state index in [1.54, 1.807) is 12.2 Å². The molecule has 0 N–H and O–H groups in total. The third-order valence-corrected chi connectivity index (χ3v) is 4.70. The van der Waals surface area contributed by atoms with Crippen LogP contribution in [0.4, 0.5) is 0 Å². The van der Waals surface area contributed by atoms with E-state index in [4.69, 9.17) is 11.6 Å². The number of halogens is 1. The van der Waals surface area contributed by atoms with Crippen LogP contribution in [0.1, 0.15) is 34.5 Å². The summed E-state index contributed by atoms with van der Waals surface area (Å²) in [6.07, 6.45) is 7.73. The number of hydrogen-bond donors (Lipinski definition) is 0. The first-order valence-corrected chi connectivity index (χ1v) is 8.53. The van der Waals surface area contributed by atoms with Gasteiger partial charge in [0.1, 0.15) is 0 Å². The zero-order valence-electron chi connectivity index (χ0n) is 13.7. The molecule has 0 spiro atoms. The first-order chi connectivity index (χ1) is 11.6. The van der Waals surface area contributed by atoms with Crippen molar-refractivity contribution in [3.8, 4) is 5.69 Å². The van der Waals surface area contributed by atoms with Crippen LogP contribution in [-0.4, -0.2) is 34.9 Å². The van der Waals surface area contributed by atoms with Crippen molar-refractivity contribution in [3.05, 3.63) is 65.5 Å². The molecule has 1 fully saturated rings. The van der Waals surface area contributed by atoms with Gasteiger partial charge in [-0.3, -0.25) is 9.69 Å². The molecule has 0 atom stereocenters. The number of aromatic nitrogens is 1. The predicted molar refractivity (Wildman–Crippen MR) is 101 cm³/mol. The van der Waals surface area contributed by atoms with E-state index in [0.29, 0.717) is 17.1 Å². The number of Topliss-reactive ketones (excluding diaryl/α,β-unsaturated/α-hetero) is 1. The maximum atomic E-state index is 12.8. The van der Waals surface area contributed by atoms with Crippen LogP contribution >= 0.6 is 11.6 Å². The van der Waals surface area contributed by atoms with Gasteiger partial charge in [0.05, 0.1) is 12.2 Å².